The van der Waals surface area contributed by atoms with Crippen LogP contribution in [0.1, 0.15) is 29.9 Å². The molecule has 0 bridgehead atoms. The Labute approximate surface area is 80.5 Å². The topological polar surface area (TPSA) is 99.1 Å². The van der Waals surface area contributed by atoms with Gasteiger partial charge in [0.05, 0.1) is 0 Å². The highest BCUT2D eigenvalue weighted by molar-refractivity contribution is 6.01. The Kier molecular flexibility index (Phi) is 3.33. The van der Waals surface area contributed by atoms with Crippen LogP contribution in [-0.2, 0) is 11.2 Å². The molecule has 0 aliphatic heterocycles. The van der Waals surface area contributed by atoms with E-state index in [2.05, 4.69) is 10.1 Å². The highest BCUT2D eigenvalue weighted by atomic mass is 16.5. The summed E-state index contributed by atoms with van der Waals surface area (Å²) in [7, 11) is 0. The lowest BCUT2D eigenvalue weighted by Crippen LogP contribution is -2.14. The molecular formula is C8H10N3O3. The van der Waals surface area contributed by atoms with Gasteiger partial charge in [-0.3, -0.25) is 9.59 Å². The molecule has 1 aromatic rings. The van der Waals surface area contributed by atoms with Crippen LogP contribution in [0.15, 0.2) is 4.52 Å². The van der Waals surface area contributed by atoms with Gasteiger partial charge in [0.2, 0.25) is 23.4 Å². The van der Waals surface area contributed by atoms with Crippen molar-refractivity contribution in [2.75, 3.05) is 0 Å². The third kappa shape index (κ3) is 2.65. The van der Waals surface area contributed by atoms with Gasteiger partial charge in [-0.15, -0.1) is 0 Å². The lowest BCUT2D eigenvalue weighted by atomic mass is 10.2. The Bertz CT molecular complexity index is 345. The quantitative estimate of drug-likeness (QED) is 0.662. The van der Waals surface area contributed by atoms with Crippen molar-refractivity contribution in [3.63, 3.8) is 0 Å². The molecule has 6 heteroatoms. The Morgan fingerprint density at radius 1 is 1.57 bits per heavy atom. The average molecular weight is 196 g/mol. The Morgan fingerprint density at radius 3 is 2.79 bits per heavy atom. The molecule has 0 fully saturated rings. The Hall–Kier alpha value is -1.72. The van der Waals surface area contributed by atoms with Gasteiger partial charge in [-0.1, -0.05) is 12.1 Å². The van der Waals surface area contributed by atoms with Crippen molar-refractivity contribution >= 4 is 11.7 Å². The fourth-order valence-electron chi connectivity index (χ4n) is 0.783. The van der Waals surface area contributed by atoms with E-state index in [1.807, 2.05) is 6.92 Å². The van der Waals surface area contributed by atoms with Gasteiger partial charge in [-0.2, -0.15) is 4.98 Å². The summed E-state index contributed by atoms with van der Waals surface area (Å²) in [6, 6.07) is 0. The van der Waals surface area contributed by atoms with Gasteiger partial charge in [0.25, 0.3) is 0 Å². The number of rotatable bonds is 5. The second-order valence-electron chi connectivity index (χ2n) is 2.60. The third-order valence-corrected chi connectivity index (χ3v) is 1.48. The van der Waals surface area contributed by atoms with E-state index in [0.29, 0.717) is 12.3 Å². The highest BCUT2D eigenvalue weighted by Gasteiger charge is 2.14. The van der Waals surface area contributed by atoms with Gasteiger partial charge in [-0.05, 0) is 0 Å². The summed E-state index contributed by atoms with van der Waals surface area (Å²) in [5, 5.41) is 3.45. The molecule has 0 aromatic carbocycles. The normalized spacial score (nSPS) is 10.1. The number of carbonyl (C=O) groups is 2. The largest absolute Gasteiger partial charge is 0.370 e. The second kappa shape index (κ2) is 4.50. The standard InChI is InChI=1S/C8H10N3O3/c1-2-7-10-8(11-14-7)5(12)3-4-6(9)13/h3H,2,4H2,1H3,(H2,9,13). The first kappa shape index (κ1) is 10.4. The molecule has 1 aromatic heterocycles. The maximum atomic E-state index is 11.2. The minimum Gasteiger partial charge on any atom is -0.370 e. The number of hydrogen-bond acceptors (Lipinski definition) is 5. The molecule has 1 heterocycles. The third-order valence-electron chi connectivity index (χ3n) is 1.48. The van der Waals surface area contributed by atoms with Crippen molar-refractivity contribution < 1.29 is 14.1 Å². The summed E-state index contributed by atoms with van der Waals surface area (Å²) in [6.45, 7) is 1.83. The molecule has 1 rings (SSSR count). The number of hydrogen-bond donors (Lipinski definition) is 1. The fraction of sp³-hybridized carbons (Fsp3) is 0.375. The molecule has 75 valence electrons. The van der Waals surface area contributed by atoms with Gasteiger partial charge in [-0.25, -0.2) is 0 Å². The lowest BCUT2D eigenvalue weighted by molar-refractivity contribution is -0.117. The van der Waals surface area contributed by atoms with Crippen LogP contribution in [0.3, 0.4) is 0 Å². The minimum absolute atomic E-state index is 0.0388. The molecule has 0 saturated heterocycles. The number of ketones is 1. The number of nitrogens with two attached hydrogens (primary N) is 1. The Morgan fingerprint density at radius 2 is 2.29 bits per heavy atom. The van der Waals surface area contributed by atoms with Crippen LogP contribution < -0.4 is 5.73 Å². The first-order valence-corrected chi connectivity index (χ1v) is 4.12. The van der Waals surface area contributed by atoms with E-state index >= 15 is 0 Å². The monoisotopic (exact) mass is 196 g/mol. The molecule has 1 radical (unpaired) electrons. The van der Waals surface area contributed by atoms with Gasteiger partial charge in [0.1, 0.15) is 0 Å². The van der Waals surface area contributed by atoms with Crippen molar-refractivity contribution in [2.45, 2.75) is 19.8 Å². The highest BCUT2D eigenvalue weighted by Crippen LogP contribution is 2.02. The van der Waals surface area contributed by atoms with E-state index in [4.69, 9.17) is 10.3 Å². The minimum atomic E-state index is -0.572. The molecule has 0 atom stereocenters. The van der Waals surface area contributed by atoms with Crippen LogP contribution >= 0.6 is 0 Å². The molecule has 0 unspecified atom stereocenters. The molecule has 0 spiro atoms. The summed E-state index contributed by atoms with van der Waals surface area (Å²) in [4.78, 5) is 25.4. The first-order valence-electron chi connectivity index (χ1n) is 4.12. The van der Waals surface area contributed by atoms with Crippen molar-refractivity contribution in [1.29, 1.82) is 0 Å². The van der Waals surface area contributed by atoms with Crippen LogP contribution in [-0.4, -0.2) is 21.8 Å². The van der Waals surface area contributed by atoms with Crippen LogP contribution in [0.2, 0.25) is 0 Å². The van der Waals surface area contributed by atoms with Crippen LogP contribution in [0.25, 0.3) is 0 Å². The number of aryl methyl sites for hydroxylation is 1. The summed E-state index contributed by atoms with van der Waals surface area (Å²) in [6.07, 6.45) is 1.58. The van der Waals surface area contributed by atoms with Gasteiger partial charge < -0.3 is 10.3 Å². The number of amides is 1. The van der Waals surface area contributed by atoms with E-state index < -0.39 is 11.7 Å². The van der Waals surface area contributed by atoms with Crippen LogP contribution in [0, 0.1) is 6.42 Å². The Balaban J connectivity index is 2.56. The van der Waals surface area contributed by atoms with Gasteiger partial charge in [0, 0.05) is 19.3 Å². The van der Waals surface area contributed by atoms with E-state index in [0.717, 1.165) is 6.42 Å². The number of aromatic nitrogens is 2. The molecule has 1 amide bonds. The van der Waals surface area contributed by atoms with Crippen LogP contribution in [0.5, 0.6) is 0 Å². The van der Waals surface area contributed by atoms with Gasteiger partial charge in [0.15, 0.2) is 0 Å². The maximum absolute atomic E-state index is 11.2. The molecule has 6 nitrogen and oxygen atoms in total. The van der Waals surface area contributed by atoms with E-state index in [1.54, 1.807) is 0 Å². The van der Waals surface area contributed by atoms with E-state index in [9.17, 15) is 9.59 Å². The SMILES string of the molecule is CCc1nc(C(=O)[CH]CC(N)=O)no1. The molecule has 0 aliphatic carbocycles. The number of carbonyl (C=O) groups excluding carboxylic acids is 2. The maximum Gasteiger partial charge on any atom is 0.238 e. The zero-order valence-corrected chi connectivity index (χ0v) is 7.69. The molecule has 2 N–H and O–H groups in total. The fourth-order valence-corrected chi connectivity index (χ4v) is 0.783. The molecular weight excluding hydrogens is 186 g/mol. The zero-order valence-electron chi connectivity index (χ0n) is 7.69. The van der Waals surface area contributed by atoms with Crippen molar-refractivity contribution in [2.24, 2.45) is 5.73 Å². The van der Waals surface area contributed by atoms with E-state index in [1.165, 1.54) is 0 Å². The lowest BCUT2D eigenvalue weighted by Gasteiger charge is -1.90. The van der Waals surface area contributed by atoms with Gasteiger partial charge >= 0.3 is 0 Å². The van der Waals surface area contributed by atoms with E-state index in [-0.39, 0.29) is 12.2 Å². The summed E-state index contributed by atoms with van der Waals surface area (Å²) in [5.74, 6) is -0.672. The van der Waals surface area contributed by atoms with Crippen molar-refractivity contribution in [1.82, 2.24) is 10.1 Å². The molecule has 0 aliphatic rings. The predicted molar refractivity (Wildman–Crippen MR) is 46.1 cm³/mol. The van der Waals surface area contributed by atoms with Crippen LogP contribution in [0.4, 0.5) is 0 Å². The number of nitrogens with zero attached hydrogens (tertiary/aromatic N) is 2. The number of Topliss-reactive ketones (excluding diaryl/α,β-unsaturated/α-hetero) is 1. The van der Waals surface area contributed by atoms with Crippen molar-refractivity contribution in [3.8, 4) is 0 Å². The summed E-state index contributed by atoms with van der Waals surface area (Å²) < 4.78 is 4.72. The second-order valence-corrected chi connectivity index (χ2v) is 2.60. The predicted octanol–water partition coefficient (Wildman–Crippen LogP) is -0.106. The zero-order chi connectivity index (χ0) is 10.6. The first-order chi connectivity index (χ1) is 6.63. The summed E-state index contributed by atoms with van der Waals surface area (Å²) >= 11 is 0. The molecule has 14 heavy (non-hydrogen) atoms. The number of primary amides is 1. The summed E-state index contributed by atoms with van der Waals surface area (Å²) in [5.41, 5.74) is 4.86. The average Bonchev–Trinajstić information content (AvgIpc) is 2.62. The molecule has 0 saturated carbocycles. The van der Waals surface area contributed by atoms with Crippen molar-refractivity contribution in [3.05, 3.63) is 18.1 Å². The smallest absolute Gasteiger partial charge is 0.238 e.